The molecule has 0 saturated carbocycles. The molecule has 0 aliphatic rings. The lowest BCUT2D eigenvalue weighted by Gasteiger charge is -2.14. The standard InChI is InChI=1S/C14H26O/c1-3-5-10-14(11-6-4-2)12-8-7-9-13-15/h7,9,13-14H,3-6,8,10-12H2,1-2H3/b9-7+. The molecule has 15 heavy (non-hydrogen) atoms. The maximum atomic E-state index is 10.1. The van der Waals surface area contributed by atoms with Crippen molar-refractivity contribution in [1.29, 1.82) is 0 Å². The van der Waals surface area contributed by atoms with Crippen molar-refractivity contribution in [1.82, 2.24) is 0 Å². The molecule has 0 aromatic carbocycles. The summed E-state index contributed by atoms with van der Waals surface area (Å²) in [6.45, 7) is 4.51. The first-order valence-electron chi connectivity index (χ1n) is 6.45. The second kappa shape index (κ2) is 11.5. The zero-order valence-corrected chi connectivity index (χ0v) is 10.4. The molecule has 0 aromatic rings. The molecule has 0 unspecified atom stereocenters. The van der Waals surface area contributed by atoms with Gasteiger partial charge >= 0.3 is 0 Å². The topological polar surface area (TPSA) is 17.1 Å². The number of hydrogen-bond acceptors (Lipinski definition) is 1. The van der Waals surface area contributed by atoms with Gasteiger partial charge in [0.25, 0.3) is 0 Å². The van der Waals surface area contributed by atoms with E-state index in [1.165, 1.54) is 44.9 Å². The summed E-state index contributed by atoms with van der Waals surface area (Å²) in [5.41, 5.74) is 0. The van der Waals surface area contributed by atoms with Crippen LogP contribution in [0.5, 0.6) is 0 Å². The lowest BCUT2D eigenvalue weighted by atomic mass is 9.91. The Morgan fingerprint density at radius 3 is 2.07 bits per heavy atom. The van der Waals surface area contributed by atoms with Crippen LogP contribution in [0.4, 0.5) is 0 Å². The minimum Gasteiger partial charge on any atom is -0.299 e. The molecular weight excluding hydrogens is 184 g/mol. The number of rotatable bonds is 10. The maximum Gasteiger partial charge on any atom is 0.142 e. The first-order valence-corrected chi connectivity index (χ1v) is 6.45. The lowest BCUT2D eigenvalue weighted by Crippen LogP contribution is -2.00. The van der Waals surface area contributed by atoms with Crippen molar-refractivity contribution >= 4 is 6.29 Å². The van der Waals surface area contributed by atoms with Crippen LogP contribution in [-0.2, 0) is 4.79 Å². The predicted octanol–water partition coefficient (Wildman–Crippen LogP) is 4.52. The fourth-order valence-electron chi connectivity index (χ4n) is 1.90. The molecule has 0 aliphatic heterocycles. The Bertz CT molecular complexity index is 153. The molecule has 0 atom stereocenters. The van der Waals surface area contributed by atoms with E-state index >= 15 is 0 Å². The van der Waals surface area contributed by atoms with Crippen LogP contribution in [0.25, 0.3) is 0 Å². The summed E-state index contributed by atoms with van der Waals surface area (Å²) in [5.74, 6) is 0.876. The van der Waals surface area contributed by atoms with Crippen LogP contribution in [-0.4, -0.2) is 6.29 Å². The van der Waals surface area contributed by atoms with E-state index in [1.54, 1.807) is 6.08 Å². The minimum atomic E-state index is 0.868. The van der Waals surface area contributed by atoms with Gasteiger partial charge in [-0.1, -0.05) is 58.4 Å². The molecule has 1 nitrogen and oxygen atoms in total. The molecule has 0 radical (unpaired) electrons. The van der Waals surface area contributed by atoms with Crippen molar-refractivity contribution < 1.29 is 4.79 Å². The fraction of sp³-hybridized carbons (Fsp3) is 0.786. The number of carbonyl (C=O) groups excluding carboxylic acids is 1. The fourth-order valence-corrected chi connectivity index (χ4v) is 1.90. The van der Waals surface area contributed by atoms with Gasteiger partial charge in [0.2, 0.25) is 0 Å². The Morgan fingerprint density at radius 1 is 1.00 bits per heavy atom. The Hall–Kier alpha value is -0.590. The van der Waals surface area contributed by atoms with Crippen molar-refractivity contribution in [2.45, 2.75) is 65.2 Å². The SMILES string of the molecule is CCCCC(CC/C=C/C=O)CCCC. The third-order valence-corrected chi connectivity index (χ3v) is 2.89. The average molecular weight is 210 g/mol. The zero-order chi connectivity index (χ0) is 11.4. The molecular formula is C14H26O. The molecule has 0 bridgehead atoms. The highest BCUT2D eigenvalue weighted by atomic mass is 16.1. The number of allylic oxidation sites excluding steroid dienone is 2. The Balaban J connectivity index is 3.67. The smallest absolute Gasteiger partial charge is 0.142 e. The van der Waals surface area contributed by atoms with Crippen molar-refractivity contribution in [3.63, 3.8) is 0 Å². The first kappa shape index (κ1) is 14.4. The van der Waals surface area contributed by atoms with E-state index in [9.17, 15) is 4.79 Å². The van der Waals surface area contributed by atoms with Gasteiger partial charge in [0.1, 0.15) is 6.29 Å². The van der Waals surface area contributed by atoms with Crippen LogP contribution in [0, 0.1) is 5.92 Å². The Kier molecular flexibility index (Phi) is 11.0. The zero-order valence-electron chi connectivity index (χ0n) is 10.4. The van der Waals surface area contributed by atoms with Gasteiger partial charge < -0.3 is 0 Å². The molecule has 0 aromatic heterocycles. The van der Waals surface area contributed by atoms with E-state index in [2.05, 4.69) is 13.8 Å². The highest BCUT2D eigenvalue weighted by molar-refractivity contribution is 5.64. The maximum absolute atomic E-state index is 10.1. The first-order chi connectivity index (χ1) is 7.35. The summed E-state index contributed by atoms with van der Waals surface area (Å²) in [7, 11) is 0. The molecule has 0 amide bonds. The van der Waals surface area contributed by atoms with E-state index in [-0.39, 0.29) is 0 Å². The third kappa shape index (κ3) is 9.71. The number of unbranched alkanes of at least 4 members (excludes halogenated alkanes) is 2. The van der Waals surface area contributed by atoms with Crippen molar-refractivity contribution in [3.8, 4) is 0 Å². The van der Waals surface area contributed by atoms with Crippen LogP contribution >= 0.6 is 0 Å². The summed E-state index contributed by atoms with van der Waals surface area (Å²) in [5, 5.41) is 0. The molecule has 0 N–H and O–H groups in total. The van der Waals surface area contributed by atoms with Crippen LogP contribution in [0.1, 0.15) is 65.2 Å². The summed E-state index contributed by atoms with van der Waals surface area (Å²) in [6.07, 6.45) is 14.8. The van der Waals surface area contributed by atoms with Crippen molar-refractivity contribution in [3.05, 3.63) is 12.2 Å². The van der Waals surface area contributed by atoms with Crippen molar-refractivity contribution in [2.24, 2.45) is 5.92 Å². The predicted molar refractivity (Wildman–Crippen MR) is 67.0 cm³/mol. The van der Waals surface area contributed by atoms with Gasteiger partial charge in [-0.05, 0) is 24.8 Å². The summed E-state index contributed by atoms with van der Waals surface area (Å²) in [6, 6.07) is 0. The quantitative estimate of drug-likeness (QED) is 0.383. The Morgan fingerprint density at radius 2 is 1.60 bits per heavy atom. The van der Waals surface area contributed by atoms with E-state index in [4.69, 9.17) is 0 Å². The average Bonchev–Trinajstić information content (AvgIpc) is 2.27. The van der Waals surface area contributed by atoms with Crippen LogP contribution in [0.15, 0.2) is 12.2 Å². The molecule has 1 heteroatoms. The van der Waals surface area contributed by atoms with Gasteiger partial charge in [0, 0.05) is 0 Å². The van der Waals surface area contributed by atoms with Crippen molar-refractivity contribution in [2.75, 3.05) is 0 Å². The normalized spacial score (nSPS) is 11.4. The molecule has 0 spiro atoms. The summed E-state index contributed by atoms with van der Waals surface area (Å²) < 4.78 is 0. The van der Waals surface area contributed by atoms with Gasteiger partial charge in [-0.15, -0.1) is 0 Å². The summed E-state index contributed by atoms with van der Waals surface area (Å²) in [4.78, 5) is 10.1. The highest BCUT2D eigenvalue weighted by Gasteiger charge is 2.06. The van der Waals surface area contributed by atoms with Gasteiger partial charge in [-0.2, -0.15) is 0 Å². The van der Waals surface area contributed by atoms with E-state index in [0.29, 0.717) is 0 Å². The number of carbonyl (C=O) groups is 1. The second-order valence-electron chi connectivity index (χ2n) is 4.29. The van der Waals surface area contributed by atoms with Gasteiger partial charge in [0.15, 0.2) is 0 Å². The highest BCUT2D eigenvalue weighted by Crippen LogP contribution is 2.21. The second-order valence-corrected chi connectivity index (χ2v) is 4.29. The Labute approximate surface area is 95.0 Å². The van der Waals surface area contributed by atoms with Gasteiger partial charge in [-0.3, -0.25) is 4.79 Å². The van der Waals surface area contributed by atoms with Crippen LogP contribution in [0.2, 0.25) is 0 Å². The van der Waals surface area contributed by atoms with E-state index in [0.717, 1.165) is 18.6 Å². The van der Waals surface area contributed by atoms with Crippen LogP contribution in [0.3, 0.4) is 0 Å². The molecule has 0 heterocycles. The third-order valence-electron chi connectivity index (χ3n) is 2.89. The summed E-state index contributed by atoms with van der Waals surface area (Å²) >= 11 is 0. The van der Waals surface area contributed by atoms with E-state index < -0.39 is 0 Å². The van der Waals surface area contributed by atoms with Gasteiger partial charge in [-0.25, -0.2) is 0 Å². The monoisotopic (exact) mass is 210 g/mol. The number of hydrogen-bond donors (Lipinski definition) is 0. The molecule has 88 valence electrons. The van der Waals surface area contributed by atoms with Gasteiger partial charge in [0.05, 0.1) is 0 Å². The molecule has 0 saturated heterocycles. The molecule has 0 fully saturated rings. The van der Waals surface area contributed by atoms with E-state index in [1.807, 2.05) is 6.08 Å². The minimum absolute atomic E-state index is 0.868. The van der Waals surface area contributed by atoms with Crippen LogP contribution < -0.4 is 0 Å². The largest absolute Gasteiger partial charge is 0.299 e. The lowest BCUT2D eigenvalue weighted by molar-refractivity contribution is -0.104. The molecule has 0 rings (SSSR count). The molecule has 0 aliphatic carbocycles. The number of aldehydes is 1.